The van der Waals surface area contributed by atoms with Crippen LogP contribution in [-0.2, 0) is 48.0 Å². The van der Waals surface area contributed by atoms with Gasteiger partial charge >= 0.3 is 18.7 Å². The summed E-state index contributed by atoms with van der Waals surface area (Å²) in [4.78, 5) is 0. The van der Waals surface area contributed by atoms with Crippen LogP contribution < -0.4 is 0 Å². The minimum atomic E-state index is -3.42. The summed E-state index contributed by atoms with van der Waals surface area (Å²) in [5, 5.41) is 0. The summed E-state index contributed by atoms with van der Waals surface area (Å²) in [6, 6.07) is 0. The van der Waals surface area contributed by atoms with Gasteiger partial charge in [0.15, 0.2) is 0 Å². The largest absolute Gasteiger partial charge is 0.639 e. The van der Waals surface area contributed by atoms with Crippen molar-refractivity contribution in [3.63, 3.8) is 0 Å². The first-order valence-corrected chi connectivity index (χ1v) is 9.00. The van der Waals surface area contributed by atoms with Gasteiger partial charge in [0.2, 0.25) is 0 Å². The fourth-order valence-corrected chi connectivity index (χ4v) is 3.65. The van der Waals surface area contributed by atoms with Crippen LogP contribution in [0.2, 0.25) is 0 Å². The van der Waals surface area contributed by atoms with E-state index >= 15 is 0 Å². The Bertz CT molecular complexity index is 456. The summed E-state index contributed by atoms with van der Waals surface area (Å²) in [5.74, 6) is -0.329. The Kier molecular flexibility index (Phi) is 6.56. The lowest BCUT2D eigenvalue weighted by molar-refractivity contribution is 0.0550. The third-order valence-corrected chi connectivity index (χ3v) is 4.81. The summed E-state index contributed by atoms with van der Waals surface area (Å²) >= 11 is -1.73. The zero-order chi connectivity index (χ0) is 15.3. The highest BCUT2D eigenvalue weighted by molar-refractivity contribution is 7.86. The molecule has 21 heavy (non-hydrogen) atoms. The van der Waals surface area contributed by atoms with Gasteiger partial charge in [0, 0.05) is 19.1 Å². The number of hydrogen-bond donors (Lipinski definition) is 0. The minimum Gasteiger partial charge on any atom is -0.386 e. The molecule has 9 nitrogen and oxygen atoms in total. The maximum atomic E-state index is 11.1. The van der Waals surface area contributed by atoms with Crippen molar-refractivity contribution < 1.29 is 39.1 Å². The molecule has 0 saturated carbocycles. The second-order valence-electron chi connectivity index (χ2n) is 4.49. The van der Waals surface area contributed by atoms with E-state index in [1.165, 1.54) is 0 Å². The molecular formula is C9H17BO9S2. The Morgan fingerprint density at radius 1 is 1.24 bits per heavy atom. The van der Waals surface area contributed by atoms with Gasteiger partial charge in [0.05, 0.1) is 25.6 Å². The van der Waals surface area contributed by atoms with E-state index in [1.807, 2.05) is 0 Å². The van der Waals surface area contributed by atoms with E-state index in [4.69, 9.17) is 22.3 Å². The zero-order valence-electron chi connectivity index (χ0n) is 11.5. The van der Waals surface area contributed by atoms with Crippen molar-refractivity contribution in [3.05, 3.63) is 0 Å². The van der Waals surface area contributed by atoms with E-state index in [2.05, 4.69) is 4.18 Å². The monoisotopic (exact) mass is 344 g/mol. The molecule has 3 atom stereocenters. The normalized spacial score (nSPS) is 31.6. The van der Waals surface area contributed by atoms with Crippen molar-refractivity contribution in [2.75, 3.05) is 38.8 Å². The minimum absolute atomic E-state index is 0.0790. The number of hydrogen-bond acceptors (Lipinski definition) is 9. The predicted molar refractivity (Wildman–Crippen MR) is 71.5 cm³/mol. The fourth-order valence-electron chi connectivity index (χ4n) is 1.74. The smallest absolute Gasteiger partial charge is 0.386 e. The Morgan fingerprint density at radius 2 is 2.00 bits per heavy atom. The summed E-state index contributed by atoms with van der Waals surface area (Å²) in [6.45, 7) is 2.62. The highest BCUT2D eigenvalue weighted by Gasteiger charge is 2.33. The molecule has 2 rings (SSSR count). The third-order valence-electron chi connectivity index (χ3n) is 2.68. The van der Waals surface area contributed by atoms with Gasteiger partial charge in [-0.1, -0.05) is 0 Å². The Labute approximate surface area is 126 Å². The first kappa shape index (κ1) is 17.3. The molecule has 0 aliphatic carbocycles. The molecule has 2 heterocycles. The predicted octanol–water partition coefficient (Wildman–Crippen LogP) is -0.989. The van der Waals surface area contributed by atoms with Crippen LogP contribution in [0, 0.1) is 5.92 Å². The molecule has 2 aliphatic rings. The molecule has 0 spiro atoms. The van der Waals surface area contributed by atoms with Gasteiger partial charge in [-0.2, -0.15) is 12.6 Å². The van der Waals surface area contributed by atoms with Gasteiger partial charge in [0.25, 0.3) is 10.1 Å². The molecule has 0 N–H and O–H groups in total. The molecule has 12 heteroatoms. The van der Waals surface area contributed by atoms with Gasteiger partial charge < -0.3 is 14.0 Å². The second-order valence-corrected chi connectivity index (χ2v) is 7.01. The first-order chi connectivity index (χ1) is 9.98. The van der Waals surface area contributed by atoms with Crippen LogP contribution in [0.4, 0.5) is 0 Å². The number of rotatable bonds is 8. The van der Waals surface area contributed by atoms with E-state index in [9.17, 15) is 12.6 Å². The van der Waals surface area contributed by atoms with Crippen molar-refractivity contribution in [1.29, 1.82) is 0 Å². The molecule has 122 valence electrons. The van der Waals surface area contributed by atoms with Crippen LogP contribution in [0.25, 0.3) is 0 Å². The summed E-state index contributed by atoms with van der Waals surface area (Å²) in [6.07, 6.45) is -0.451. The molecule has 0 radical (unpaired) electrons. The molecule has 2 aliphatic heterocycles. The maximum Gasteiger partial charge on any atom is 0.639 e. The van der Waals surface area contributed by atoms with Crippen molar-refractivity contribution in [2.24, 2.45) is 5.92 Å². The molecular weight excluding hydrogens is 327 g/mol. The highest BCUT2D eigenvalue weighted by atomic mass is 32.2. The summed E-state index contributed by atoms with van der Waals surface area (Å²) in [5.41, 5.74) is 0. The van der Waals surface area contributed by atoms with Gasteiger partial charge in [-0.3, -0.25) is 12.5 Å². The van der Waals surface area contributed by atoms with E-state index in [0.717, 1.165) is 0 Å². The lowest BCUT2D eigenvalue weighted by Crippen LogP contribution is -2.33. The topological polar surface area (TPSA) is 107 Å². The third kappa shape index (κ3) is 5.91. The standard InChI is InChI=1S/C9H17BO9S2/c1-2-14-10(16-5-9-6-17-20(11)19-9)15-3-8-4-18-21(12,13)7-8/h8-9H,2-7H2,1H3. The molecule has 0 aromatic heterocycles. The van der Waals surface area contributed by atoms with Crippen molar-refractivity contribution in [3.8, 4) is 0 Å². The highest BCUT2D eigenvalue weighted by Crippen LogP contribution is 2.16. The zero-order valence-corrected chi connectivity index (χ0v) is 13.1. The van der Waals surface area contributed by atoms with Crippen LogP contribution in [0.15, 0.2) is 0 Å². The summed E-state index contributed by atoms with van der Waals surface area (Å²) < 4.78 is 63.4. The lowest BCUT2D eigenvalue weighted by Gasteiger charge is -2.16. The molecule has 2 fully saturated rings. The van der Waals surface area contributed by atoms with Crippen LogP contribution >= 0.6 is 0 Å². The first-order valence-electron chi connectivity index (χ1n) is 6.42. The molecule has 0 aromatic carbocycles. The van der Waals surface area contributed by atoms with E-state index < -0.39 is 34.9 Å². The average Bonchev–Trinajstić information content (AvgIpc) is 2.98. The SMILES string of the molecule is CCOB(OCC1COS(=O)(=O)C1)OCC1COS(=O)O1. The second kappa shape index (κ2) is 7.97. The van der Waals surface area contributed by atoms with Crippen LogP contribution in [-0.4, -0.2) is 64.8 Å². The van der Waals surface area contributed by atoms with Gasteiger partial charge in [0.1, 0.15) is 6.10 Å². The molecule has 0 amide bonds. The average molecular weight is 344 g/mol. The van der Waals surface area contributed by atoms with E-state index in [1.54, 1.807) is 6.92 Å². The molecule has 0 bridgehead atoms. The van der Waals surface area contributed by atoms with Crippen LogP contribution in [0.3, 0.4) is 0 Å². The Hall–Kier alpha value is -0.0751. The van der Waals surface area contributed by atoms with Gasteiger partial charge in [-0.25, -0.2) is 0 Å². The quantitative estimate of drug-likeness (QED) is 0.405. The Morgan fingerprint density at radius 3 is 2.57 bits per heavy atom. The van der Waals surface area contributed by atoms with Crippen LogP contribution in [0.1, 0.15) is 6.92 Å². The van der Waals surface area contributed by atoms with Gasteiger partial charge in [-0.15, -0.1) is 0 Å². The Balaban J connectivity index is 1.70. The lowest BCUT2D eigenvalue weighted by atomic mass is 10.1. The van der Waals surface area contributed by atoms with Crippen LogP contribution in [0.5, 0.6) is 0 Å². The van der Waals surface area contributed by atoms with E-state index in [-0.39, 0.29) is 38.1 Å². The van der Waals surface area contributed by atoms with E-state index in [0.29, 0.717) is 6.61 Å². The molecule has 0 aromatic rings. The maximum absolute atomic E-state index is 11.1. The van der Waals surface area contributed by atoms with Crippen molar-refractivity contribution in [2.45, 2.75) is 13.0 Å². The molecule has 3 unspecified atom stereocenters. The fraction of sp³-hybridized carbons (Fsp3) is 1.00. The van der Waals surface area contributed by atoms with Crippen molar-refractivity contribution >= 4 is 28.8 Å². The summed E-state index contributed by atoms with van der Waals surface area (Å²) in [7, 11) is -4.37. The van der Waals surface area contributed by atoms with Crippen molar-refractivity contribution in [1.82, 2.24) is 0 Å². The van der Waals surface area contributed by atoms with Gasteiger partial charge in [-0.05, 0) is 6.92 Å². The molecule has 2 saturated heterocycles.